The number of hydrogen-bond acceptors (Lipinski definition) is 5. The first-order valence-electron chi connectivity index (χ1n) is 9.13. The van der Waals surface area contributed by atoms with E-state index in [4.69, 9.17) is 0 Å². The molecule has 28 heavy (non-hydrogen) atoms. The van der Waals surface area contributed by atoms with Crippen molar-refractivity contribution >= 4 is 22.6 Å². The van der Waals surface area contributed by atoms with Gasteiger partial charge >= 0.3 is 5.69 Å². The third kappa shape index (κ3) is 3.40. The molecule has 1 aliphatic carbocycles. The molecule has 0 spiro atoms. The molecule has 8 heteroatoms. The summed E-state index contributed by atoms with van der Waals surface area (Å²) in [5.41, 5.74) is 1.63. The SMILES string of the molecule is CN(C)c1cccc(CNC(=O)c2cnc3c(c2)c(=O)[nH]c(=O)n3C2CC2)c1. The van der Waals surface area contributed by atoms with Crippen molar-refractivity contribution in [3.05, 3.63) is 68.5 Å². The van der Waals surface area contributed by atoms with Crippen LogP contribution in [0.1, 0.15) is 34.8 Å². The number of carbonyl (C=O) groups is 1. The summed E-state index contributed by atoms with van der Waals surface area (Å²) in [5.74, 6) is -0.326. The van der Waals surface area contributed by atoms with Crippen molar-refractivity contribution in [3.8, 4) is 0 Å². The van der Waals surface area contributed by atoms with Crippen molar-refractivity contribution in [2.24, 2.45) is 0 Å². The monoisotopic (exact) mass is 379 g/mol. The van der Waals surface area contributed by atoms with Gasteiger partial charge in [-0.25, -0.2) is 9.78 Å². The maximum Gasteiger partial charge on any atom is 0.330 e. The largest absolute Gasteiger partial charge is 0.378 e. The minimum absolute atomic E-state index is 0.0722. The topological polar surface area (TPSA) is 100 Å². The van der Waals surface area contributed by atoms with Crippen LogP contribution in [0.3, 0.4) is 0 Å². The number of rotatable bonds is 5. The minimum atomic E-state index is -0.530. The van der Waals surface area contributed by atoms with E-state index in [1.165, 1.54) is 16.8 Å². The Bertz CT molecular complexity index is 1170. The molecule has 0 radical (unpaired) electrons. The second kappa shape index (κ2) is 6.95. The lowest BCUT2D eigenvalue weighted by Crippen LogP contribution is -2.31. The van der Waals surface area contributed by atoms with Crippen molar-refractivity contribution < 1.29 is 4.79 Å². The second-order valence-electron chi connectivity index (χ2n) is 7.20. The first kappa shape index (κ1) is 18.0. The van der Waals surface area contributed by atoms with Crippen LogP contribution in [-0.4, -0.2) is 34.5 Å². The van der Waals surface area contributed by atoms with Gasteiger partial charge in [-0.1, -0.05) is 12.1 Å². The van der Waals surface area contributed by atoms with Gasteiger partial charge in [-0.2, -0.15) is 0 Å². The predicted molar refractivity (Wildman–Crippen MR) is 107 cm³/mol. The number of aromatic nitrogens is 3. The number of amides is 1. The van der Waals surface area contributed by atoms with Gasteiger partial charge in [-0.3, -0.25) is 19.1 Å². The van der Waals surface area contributed by atoms with Crippen molar-refractivity contribution in [2.75, 3.05) is 19.0 Å². The third-order valence-corrected chi connectivity index (χ3v) is 4.83. The van der Waals surface area contributed by atoms with Crippen LogP contribution in [0, 0.1) is 0 Å². The highest BCUT2D eigenvalue weighted by Gasteiger charge is 2.27. The fourth-order valence-electron chi connectivity index (χ4n) is 3.16. The van der Waals surface area contributed by atoms with Gasteiger partial charge in [-0.05, 0) is 36.6 Å². The quantitative estimate of drug-likeness (QED) is 0.698. The van der Waals surface area contributed by atoms with E-state index in [0.717, 1.165) is 24.1 Å². The zero-order valence-electron chi connectivity index (χ0n) is 15.7. The Hall–Kier alpha value is -3.42. The summed E-state index contributed by atoms with van der Waals surface area (Å²) in [7, 11) is 3.91. The summed E-state index contributed by atoms with van der Waals surface area (Å²) < 4.78 is 1.51. The lowest BCUT2D eigenvalue weighted by Gasteiger charge is -2.14. The van der Waals surface area contributed by atoms with Crippen molar-refractivity contribution in [3.63, 3.8) is 0 Å². The maximum absolute atomic E-state index is 12.5. The second-order valence-corrected chi connectivity index (χ2v) is 7.20. The number of pyridine rings is 1. The Morgan fingerprint density at radius 2 is 2.07 bits per heavy atom. The average molecular weight is 379 g/mol. The van der Waals surface area contributed by atoms with E-state index in [0.29, 0.717) is 12.2 Å². The van der Waals surface area contributed by atoms with Gasteiger partial charge in [0.05, 0.1) is 10.9 Å². The molecular weight excluding hydrogens is 358 g/mol. The molecule has 0 bridgehead atoms. The number of benzene rings is 1. The Morgan fingerprint density at radius 1 is 1.29 bits per heavy atom. The van der Waals surface area contributed by atoms with E-state index in [9.17, 15) is 14.4 Å². The van der Waals surface area contributed by atoms with Crippen molar-refractivity contribution in [1.29, 1.82) is 0 Å². The summed E-state index contributed by atoms with van der Waals surface area (Å²) in [4.78, 5) is 45.4. The van der Waals surface area contributed by atoms with E-state index in [1.54, 1.807) is 0 Å². The fraction of sp³-hybridized carbons (Fsp3) is 0.300. The van der Waals surface area contributed by atoms with Crippen LogP contribution in [-0.2, 0) is 6.54 Å². The average Bonchev–Trinajstić information content (AvgIpc) is 3.51. The molecule has 4 rings (SSSR count). The molecule has 1 aromatic carbocycles. The Kier molecular flexibility index (Phi) is 4.46. The van der Waals surface area contributed by atoms with Crippen LogP contribution in [0.5, 0.6) is 0 Å². The molecule has 0 saturated heterocycles. The summed E-state index contributed by atoms with van der Waals surface area (Å²) in [6, 6.07) is 9.42. The van der Waals surface area contributed by atoms with Gasteiger partial charge in [0.1, 0.15) is 5.65 Å². The predicted octanol–water partition coefficient (Wildman–Crippen LogP) is 1.42. The molecule has 2 N–H and O–H groups in total. The van der Waals surface area contributed by atoms with E-state index in [1.807, 2.05) is 43.3 Å². The molecule has 0 unspecified atom stereocenters. The zero-order chi connectivity index (χ0) is 19.8. The van der Waals surface area contributed by atoms with Crippen LogP contribution < -0.4 is 21.5 Å². The maximum atomic E-state index is 12.5. The van der Waals surface area contributed by atoms with Gasteiger partial charge in [0.25, 0.3) is 11.5 Å². The van der Waals surface area contributed by atoms with E-state index in [2.05, 4.69) is 15.3 Å². The molecule has 144 valence electrons. The number of nitrogens with zero attached hydrogens (tertiary/aromatic N) is 3. The molecule has 3 aromatic rings. The van der Waals surface area contributed by atoms with Gasteiger partial charge < -0.3 is 10.2 Å². The van der Waals surface area contributed by atoms with Gasteiger partial charge in [0.2, 0.25) is 0 Å². The van der Waals surface area contributed by atoms with E-state index >= 15 is 0 Å². The van der Waals surface area contributed by atoms with Crippen LogP contribution in [0.25, 0.3) is 11.0 Å². The number of fused-ring (bicyclic) bond motifs is 1. The standard InChI is InChI=1S/C20H21N5O3/c1-24(2)15-5-3-4-12(8-15)10-22-18(26)13-9-16-17(21-11-13)25(14-6-7-14)20(28)23-19(16)27/h3-5,8-9,11,14H,6-7,10H2,1-2H3,(H,22,26)(H,23,27,28). The lowest BCUT2D eigenvalue weighted by atomic mass is 10.1. The number of carbonyl (C=O) groups excluding carboxylic acids is 1. The Balaban J connectivity index is 1.59. The highest BCUT2D eigenvalue weighted by Crippen LogP contribution is 2.34. The number of anilines is 1. The van der Waals surface area contributed by atoms with E-state index in [-0.39, 0.29) is 22.9 Å². The summed E-state index contributed by atoms with van der Waals surface area (Å²) in [6.45, 7) is 0.358. The van der Waals surface area contributed by atoms with Gasteiger partial charge in [0, 0.05) is 38.6 Å². The minimum Gasteiger partial charge on any atom is -0.378 e. The molecule has 1 amide bonds. The molecule has 1 fully saturated rings. The first-order valence-corrected chi connectivity index (χ1v) is 9.13. The van der Waals surface area contributed by atoms with Gasteiger partial charge in [-0.15, -0.1) is 0 Å². The molecule has 8 nitrogen and oxygen atoms in total. The molecule has 0 aliphatic heterocycles. The van der Waals surface area contributed by atoms with Gasteiger partial charge in [0.15, 0.2) is 0 Å². The van der Waals surface area contributed by atoms with E-state index < -0.39 is 11.2 Å². The van der Waals surface area contributed by atoms with Crippen LogP contribution >= 0.6 is 0 Å². The number of hydrogen-bond donors (Lipinski definition) is 2. The number of aromatic amines is 1. The molecule has 1 aliphatic rings. The molecule has 1 saturated carbocycles. The third-order valence-electron chi connectivity index (χ3n) is 4.83. The molecule has 2 heterocycles. The van der Waals surface area contributed by atoms with Crippen LogP contribution in [0.15, 0.2) is 46.1 Å². The van der Waals surface area contributed by atoms with Crippen molar-refractivity contribution in [2.45, 2.75) is 25.4 Å². The number of nitrogens with one attached hydrogen (secondary N) is 2. The molecular formula is C20H21N5O3. The van der Waals surface area contributed by atoms with Crippen molar-refractivity contribution in [1.82, 2.24) is 19.9 Å². The normalized spacial score (nSPS) is 13.5. The highest BCUT2D eigenvalue weighted by atomic mass is 16.2. The first-order chi connectivity index (χ1) is 13.4. The molecule has 0 atom stereocenters. The highest BCUT2D eigenvalue weighted by molar-refractivity contribution is 5.96. The molecule has 2 aromatic heterocycles. The van der Waals surface area contributed by atoms with Crippen LogP contribution in [0.4, 0.5) is 5.69 Å². The summed E-state index contributed by atoms with van der Waals surface area (Å²) >= 11 is 0. The van der Waals surface area contributed by atoms with Crippen LogP contribution in [0.2, 0.25) is 0 Å². The fourth-order valence-corrected chi connectivity index (χ4v) is 3.16. The Morgan fingerprint density at radius 3 is 2.79 bits per heavy atom. The smallest absolute Gasteiger partial charge is 0.330 e. The Labute approximate surface area is 160 Å². The zero-order valence-corrected chi connectivity index (χ0v) is 15.7. The lowest BCUT2D eigenvalue weighted by molar-refractivity contribution is 0.0950. The summed E-state index contributed by atoms with van der Waals surface area (Å²) in [5, 5.41) is 3.09. The summed E-state index contributed by atoms with van der Waals surface area (Å²) in [6.07, 6.45) is 3.18. The number of H-pyrrole nitrogens is 1.